The molecule has 0 saturated carbocycles. The maximum absolute atomic E-state index is 5.43. The van der Waals surface area contributed by atoms with Gasteiger partial charge in [-0.3, -0.25) is 4.98 Å². The van der Waals surface area contributed by atoms with Gasteiger partial charge in [0, 0.05) is 13.7 Å². The van der Waals surface area contributed by atoms with Crippen molar-refractivity contribution in [1.29, 1.82) is 0 Å². The molecule has 0 spiro atoms. The summed E-state index contributed by atoms with van der Waals surface area (Å²) in [5, 5.41) is 0. The zero-order chi connectivity index (χ0) is 10.4. The van der Waals surface area contributed by atoms with Crippen molar-refractivity contribution >= 4 is 0 Å². The quantitative estimate of drug-likeness (QED) is 0.762. The van der Waals surface area contributed by atoms with Crippen molar-refractivity contribution in [3.63, 3.8) is 0 Å². The second-order valence-electron chi connectivity index (χ2n) is 3.05. The average molecular weight is 196 g/mol. The third kappa shape index (κ3) is 3.32. The van der Waals surface area contributed by atoms with Gasteiger partial charge in [0.1, 0.15) is 12.4 Å². The van der Waals surface area contributed by atoms with E-state index in [-0.39, 0.29) is 6.10 Å². The standard InChI is InChI=1S/C10H16N2O2/c1-8(13-2)7-14-10-4-3-9(5-11)12-6-10/h3-4,6,8H,5,7,11H2,1-2H3. The Bertz CT molecular complexity index is 261. The molecule has 0 radical (unpaired) electrons. The first-order valence-corrected chi connectivity index (χ1v) is 4.57. The molecule has 1 aromatic heterocycles. The SMILES string of the molecule is COC(C)COc1ccc(CN)nc1. The molecule has 2 N–H and O–H groups in total. The molecule has 0 fully saturated rings. The number of pyridine rings is 1. The van der Waals surface area contributed by atoms with Crippen molar-refractivity contribution in [2.75, 3.05) is 13.7 Å². The van der Waals surface area contributed by atoms with E-state index in [9.17, 15) is 0 Å². The van der Waals surface area contributed by atoms with Gasteiger partial charge in [-0.25, -0.2) is 0 Å². The zero-order valence-corrected chi connectivity index (χ0v) is 8.56. The molecule has 0 aromatic carbocycles. The van der Waals surface area contributed by atoms with E-state index < -0.39 is 0 Å². The van der Waals surface area contributed by atoms with Crippen molar-refractivity contribution in [3.05, 3.63) is 24.0 Å². The molecular weight excluding hydrogens is 180 g/mol. The van der Waals surface area contributed by atoms with Gasteiger partial charge in [-0.1, -0.05) is 0 Å². The molecule has 0 aliphatic carbocycles. The van der Waals surface area contributed by atoms with Gasteiger partial charge in [-0.15, -0.1) is 0 Å². The first kappa shape index (κ1) is 10.9. The Morgan fingerprint density at radius 2 is 2.29 bits per heavy atom. The van der Waals surface area contributed by atoms with Crippen LogP contribution < -0.4 is 10.5 Å². The predicted octanol–water partition coefficient (Wildman–Crippen LogP) is 0.954. The van der Waals surface area contributed by atoms with Crippen LogP contribution in [-0.2, 0) is 11.3 Å². The van der Waals surface area contributed by atoms with E-state index >= 15 is 0 Å². The molecule has 1 heterocycles. The Morgan fingerprint density at radius 1 is 1.50 bits per heavy atom. The minimum absolute atomic E-state index is 0.0872. The second kappa shape index (κ2) is 5.57. The van der Waals surface area contributed by atoms with Crippen LogP contribution in [0.2, 0.25) is 0 Å². The molecule has 1 atom stereocenters. The topological polar surface area (TPSA) is 57.4 Å². The number of nitrogens with two attached hydrogens (primary N) is 1. The summed E-state index contributed by atoms with van der Waals surface area (Å²) in [7, 11) is 1.66. The highest BCUT2D eigenvalue weighted by Gasteiger charge is 2.00. The normalized spacial score (nSPS) is 12.5. The van der Waals surface area contributed by atoms with Crippen LogP contribution in [0, 0.1) is 0 Å². The van der Waals surface area contributed by atoms with E-state index in [2.05, 4.69) is 4.98 Å². The highest BCUT2D eigenvalue weighted by Crippen LogP contribution is 2.09. The third-order valence-corrected chi connectivity index (χ3v) is 1.89. The Labute approximate surface area is 84.0 Å². The van der Waals surface area contributed by atoms with E-state index in [1.807, 2.05) is 19.1 Å². The summed E-state index contributed by atoms with van der Waals surface area (Å²) in [6, 6.07) is 3.71. The summed E-state index contributed by atoms with van der Waals surface area (Å²) in [5.41, 5.74) is 6.28. The van der Waals surface area contributed by atoms with Crippen LogP contribution in [0.3, 0.4) is 0 Å². The van der Waals surface area contributed by atoms with Gasteiger partial charge in [0.2, 0.25) is 0 Å². The lowest BCUT2D eigenvalue weighted by molar-refractivity contribution is 0.0715. The molecule has 0 aliphatic heterocycles. The molecule has 0 saturated heterocycles. The Morgan fingerprint density at radius 3 is 2.79 bits per heavy atom. The third-order valence-electron chi connectivity index (χ3n) is 1.89. The van der Waals surface area contributed by atoms with E-state index in [1.54, 1.807) is 13.3 Å². The number of aromatic nitrogens is 1. The highest BCUT2D eigenvalue weighted by atomic mass is 16.5. The van der Waals surface area contributed by atoms with Crippen LogP contribution in [0.1, 0.15) is 12.6 Å². The van der Waals surface area contributed by atoms with E-state index in [0.29, 0.717) is 13.2 Å². The van der Waals surface area contributed by atoms with Gasteiger partial charge in [0.15, 0.2) is 0 Å². The van der Waals surface area contributed by atoms with Crippen molar-refractivity contribution < 1.29 is 9.47 Å². The fraction of sp³-hybridized carbons (Fsp3) is 0.500. The minimum Gasteiger partial charge on any atom is -0.489 e. The summed E-state index contributed by atoms with van der Waals surface area (Å²) in [6.45, 7) is 2.93. The number of nitrogens with zero attached hydrogens (tertiary/aromatic N) is 1. The van der Waals surface area contributed by atoms with E-state index in [4.69, 9.17) is 15.2 Å². The first-order chi connectivity index (χ1) is 6.76. The molecule has 1 aromatic rings. The van der Waals surface area contributed by atoms with E-state index in [0.717, 1.165) is 11.4 Å². The van der Waals surface area contributed by atoms with Gasteiger partial charge in [-0.2, -0.15) is 0 Å². The lowest BCUT2D eigenvalue weighted by Gasteiger charge is -2.11. The van der Waals surface area contributed by atoms with Crippen molar-refractivity contribution in [3.8, 4) is 5.75 Å². The Balaban J connectivity index is 2.43. The lowest BCUT2D eigenvalue weighted by Crippen LogP contribution is -2.16. The maximum Gasteiger partial charge on any atom is 0.137 e. The Kier molecular flexibility index (Phi) is 4.35. The number of ether oxygens (including phenoxy) is 2. The lowest BCUT2D eigenvalue weighted by atomic mass is 10.3. The highest BCUT2D eigenvalue weighted by molar-refractivity contribution is 5.19. The average Bonchev–Trinajstić information content (AvgIpc) is 2.26. The summed E-state index contributed by atoms with van der Waals surface area (Å²) in [6.07, 6.45) is 1.76. The van der Waals surface area contributed by atoms with E-state index in [1.165, 1.54) is 0 Å². The molecule has 1 unspecified atom stereocenters. The second-order valence-corrected chi connectivity index (χ2v) is 3.05. The zero-order valence-electron chi connectivity index (χ0n) is 8.56. The fourth-order valence-corrected chi connectivity index (χ4v) is 0.899. The largest absolute Gasteiger partial charge is 0.489 e. The van der Waals surface area contributed by atoms with Gasteiger partial charge < -0.3 is 15.2 Å². The van der Waals surface area contributed by atoms with Gasteiger partial charge in [0.25, 0.3) is 0 Å². The number of methoxy groups -OCH3 is 1. The molecule has 14 heavy (non-hydrogen) atoms. The van der Waals surface area contributed by atoms with Gasteiger partial charge in [-0.05, 0) is 19.1 Å². The monoisotopic (exact) mass is 196 g/mol. The fourth-order valence-electron chi connectivity index (χ4n) is 0.899. The van der Waals surface area contributed by atoms with Crippen LogP contribution in [0.4, 0.5) is 0 Å². The molecule has 4 heteroatoms. The van der Waals surface area contributed by atoms with Crippen LogP contribution in [0.15, 0.2) is 18.3 Å². The summed E-state index contributed by atoms with van der Waals surface area (Å²) < 4.78 is 10.5. The maximum atomic E-state index is 5.43. The molecule has 0 bridgehead atoms. The minimum atomic E-state index is 0.0872. The summed E-state index contributed by atoms with van der Waals surface area (Å²) in [5.74, 6) is 0.742. The molecular formula is C10H16N2O2. The molecule has 4 nitrogen and oxygen atoms in total. The number of hydrogen-bond acceptors (Lipinski definition) is 4. The Hall–Kier alpha value is -1.13. The van der Waals surface area contributed by atoms with Crippen LogP contribution in [0.5, 0.6) is 5.75 Å². The summed E-state index contributed by atoms with van der Waals surface area (Å²) >= 11 is 0. The van der Waals surface area contributed by atoms with Crippen molar-refractivity contribution in [1.82, 2.24) is 4.98 Å². The van der Waals surface area contributed by atoms with Crippen LogP contribution in [-0.4, -0.2) is 24.8 Å². The van der Waals surface area contributed by atoms with Crippen molar-refractivity contribution in [2.24, 2.45) is 5.73 Å². The van der Waals surface area contributed by atoms with Crippen molar-refractivity contribution in [2.45, 2.75) is 19.6 Å². The first-order valence-electron chi connectivity index (χ1n) is 4.57. The number of rotatable bonds is 5. The number of hydrogen-bond donors (Lipinski definition) is 1. The van der Waals surface area contributed by atoms with Crippen LogP contribution in [0.25, 0.3) is 0 Å². The molecule has 1 rings (SSSR count). The molecule has 0 amide bonds. The van der Waals surface area contributed by atoms with Crippen LogP contribution >= 0.6 is 0 Å². The summed E-state index contributed by atoms with van der Waals surface area (Å²) in [4.78, 5) is 4.11. The molecule has 0 aliphatic rings. The van der Waals surface area contributed by atoms with Gasteiger partial charge in [0.05, 0.1) is 18.0 Å². The smallest absolute Gasteiger partial charge is 0.137 e. The van der Waals surface area contributed by atoms with Gasteiger partial charge >= 0.3 is 0 Å². The molecule has 78 valence electrons. The predicted molar refractivity (Wildman–Crippen MR) is 54.1 cm³/mol.